The number of carbonyl (C=O) groups excluding carboxylic acids is 2. The summed E-state index contributed by atoms with van der Waals surface area (Å²) in [4.78, 5) is 31.3. The Hall–Kier alpha value is -1.14. The third-order valence-electron chi connectivity index (χ3n) is 4.66. The van der Waals surface area contributed by atoms with E-state index in [0.717, 1.165) is 51.6 Å². The lowest BCUT2D eigenvalue weighted by molar-refractivity contribution is -0.124. The summed E-state index contributed by atoms with van der Waals surface area (Å²) in [6, 6.07) is 0.0452. The summed E-state index contributed by atoms with van der Waals surface area (Å²) in [6.07, 6.45) is 2.39. The molecule has 0 radical (unpaired) electrons. The molecule has 3 N–H and O–H groups in total. The van der Waals surface area contributed by atoms with Gasteiger partial charge in [-0.05, 0) is 33.6 Å². The molecule has 3 amide bonds. The summed E-state index contributed by atoms with van der Waals surface area (Å²) in [5.74, 6) is 0.549. The first-order valence-corrected chi connectivity index (χ1v) is 9.96. The molecule has 28 heavy (non-hydrogen) atoms. The van der Waals surface area contributed by atoms with Crippen molar-refractivity contribution in [3.63, 3.8) is 0 Å². The molecule has 0 aliphatic carbocycles. The van der Waals surface area contributed by atoms with Gasteiger partial charge in [0.15, 0.2) is 5.96 Å². The van der Waals surface area contributed by atoms with Gasteiger partial charge in [-0.2, -0.15) is 0 Å². The topological polar surface area (TPSA) is 98.3 Å². The molecule has 0 atom stereocenters. The number of urea groups is 1. The van der Waals surface area contributed by atoms with Crippen LogP contribution in [0.15, 0.2) is 4.99 Å². The fraction of sp³-hybridized carbons (Fsp3) is 0.833. The largest absolute Gasteiger partial charge is 0.377 e. The number of hydrogen-bond acceptors (Lipinski definition) is 5. The van der Waals surface area contributed by atoms with Crippen molar-refractivity contribution in [2.75, 3.05) is 52.4 Å². The molecule has 0 aromatic rings. The second-order valence-electron chi connectivity index (χ2n) is 7.14. The minimum atomic E-state index is -0.332. The molecule has 0 aromatic carbocycles. The predicted molar refractivity (Wildman–Crippen MR) is 120 cm³/mol. The van der Waals surface area contributed by atoms with Gasteiger partial charge in [-0.25, -0.2) is 4.79 Å². The van der Waals surface area contributed by atoms with Crippen molar-refractivity contribution in [2.45, 2.75) is 45.8 Å². The lowest BCUT2D eigenvalue weighted by Crippen LogP contribution is -2.49. The van der Waals surface area contributed by atoms with Gasteiger partial charge in [0.2, 0.25) is 5.91 Å². The van der Waals surface area contributed by atoms with Crippen LogP contribution in [0.3, 0.4) is 0 Å². The summed E-state index contributed by atoms with van der Waals surface area (Å²) in [5, 5.41) is 9.23. The summed E-state index contributed by atoms with van der Waals surface area (Å²) in [6.45, 7) is 11.5. The molecule has 2 saturated heterocycles. The molecule has 10 heteroatoms. The lowest BCUT2D eigenvalue weighted by Gasteiger charge is -2.33. The predicted octanol–water partition coefficient (Wildman–Crippen LogP) is 0.601. The molecular weight excluding hydrogens is 475 g/mol. The molecule has 0 bridgehead atoms. The molecule has 2 aliphatic rings. The van der Waals surface area contributed by atoms with Crippen molar-refractivity contribution in [1.29, 1.82) is 0 Å². The van der Waals surface area contributed by atoms with Gasteiger partial charge >= 0.3 is 6.03 Å². The molecule has 0 unspecified atom stereocenters. The number of piperidine rings is 1. The van der Waals surface area contributed by atoms with E-state index in [2.05, 4.69) is 39.7 Å². The average Bonchev–Trinajstić information content (AvgIpc) is 2.95. The quantitative estimate of drug-likeness (QED) is 0.182. The van der Waals surface area contributed by atoms with Crippen LogP contribution in [0.5, 0.6) is 0 Å². The maximum atomic E-state index is 11.6. The molecule has 2 rings (SSSR count). The van der Waals surface area contributed by atoms with Gasteiger partial charge in [-0.1, -0.05) is 0 Å². The average molecular weight is 510 g/mol. The number of likely N-dealkylation sites (tertiary alicyclic amines) is 1. The first-order chi connectivity index (χ1) is 13.0. The first-order valence-electron chi connectivity index (χ1n) is 9.96. The van der Waals surface area contributed by atoms with E-state index < -0.39 is 0 Å². The molecule has 162 valence electrons. The summed E-state index contributed by atoms with van der Waals surface area (Å²) >= 11 is 0. The fourth-order valence-corrected chi connectivity index (χ4v) is 3.18. The molecule has 9 nitrogen and oxygen atoms in total. The van der Waals surface area contributed by atoms with Crippen LogP contribution in [0, 0.1) is 0 Å². The Kier molecular flexibility index (Phi) is 11.7. The molecular formula is C18H35IN6O3. The molecule has 0 spiro atoms. The number of ether oxygens (including phenoxy) is 1. The Balaban J connectivity index is 0.00000392. The second kappa shape index (κ2) is 13.2. The van der Waals surface area contributed by atoms with Crippen LogP contribution in [0.2, 0.25) is 0 Å². The highest BCUT2D eigenvalue weighted by atomic mass is 127. The highest BCUT2D eigenvalue weighted by molar-refractivity contribution is 14.0. The lowest BCUT2D eigenvalue weighted by atomic mass is 10.1. The molecule has 2 heterocycles. The summed E-state index contributed by atoms with van der Waals surface area (Å²) in [7, 11) is 0. The van der Waals surface area contributed by atoms with Gasteiger partial charge < -0.3 is 25.6 Å². The zero-order valence-electron chi connectivity index (χ0n) is 17.2. The van der Waals surface area contributed by atoms with Crippen LogP contribution in [0.25, 0.3) is 0 Å². The van der Waals surface area contributed by atoms with E-state index >= 15 is 0 Å². The SMILES string of the molecule is CCNC(=NCCN1C(=O)CNC1=O)NC1CCN(CCOC(C)C)CC1.I. The van der Waals surface area contributed by atoms with E-state index in [9.17, 15) is 9.59 Å². The van der Waals surface area contributed by atoms with Crippen molar-refractivity contribution in [2.24, 2.45) is 4.99 Å². The van der Waals surface area contributed by atoms with Crippen molar-refractivity contribution < 1.29 is 14.3 Å². The normalized spacial score (nSPS) is 19.0. The Labute approximate surface area is 185 Å². The number of aliphatic imine (C=N–C) groups is 1. The number of imide groups is 1. The van der Waals surface area contributed by atoms with E-state index in [1.54, 1.807) is 0 Å². The number of halogens is 1. The first kappa shape index (κ1) is 24.9. The minimum absolute atomic E-state index is 0. The number of nitrogens with zero attached hydrogens (tertiary/aromatic N) is 3. The van der Waals surface area contributed by atoms with E-state index in [0.29, 0.717) is 19.1 Å². The monoisotopic (exact) mass is 510 g/mol. The van der Waals surface area contributed by atoms with Crippen LogP contribution < -0.4 is 16.0 Å². The molecule has 0 aromatic heterocycles. The van der Waals surface area contributed by atoms with Crippen LogP contribution in [-0.2, 0) is 9.53 Å². The van der Waals surface area contributed by atoms with Gasteiger partial charge in [0.05, 0.1) is 32.3 Å². The molecule has 2 fully saturated rings. The number of carbonyl (C=O) groups is 2. The van der Waals surface area contributed by atoms with Crippen molar-refractivity contribution in [1.82, 2.24) is 25.8 Å². The van der Waals surface area contributed by atoms with E-state index in [1.807, 2.05) is 6.92 Å². The van der Waals surface area contributed by atoms with Crippen LogP contribution in [0.4, 0.5) is 4.79 Å². The number of guanidine groups is 1. The van der Waals surface area contributed by atoms with Crippen LogP contribution in [0.1, 0.15) is 33.6 Å². The van der Waals surface area contributed by atoms with Gasteiger partial charge in [0, 0.05) is 32.2 Å². The Bertz CT molecular complexity index is 507. The molecule has 2 aliphatic heterocycles. The van der Waals surface area contributed by atoms with Crippen LogP contribution in [-0.4, -0.2) is 92.3 Å². The molecule has 0 saturated carbocycles. The Morgan fingerprint density at radius 1 is 1.29 bits per heavy atom. The summed E-state index contributed by atoms with van der Waals surface area (Å²) in [5.41, 5.74) is 0. The second-order valence-corrected chi connectivity index (χ2v) is 7.14. The van der Waals surface area contributed by atoms with E-state index in [-0.39, 0.29) is 48.6 Å². The zero-order valence-corrected chi connectivity index (χ0v) is 19.5. The Morgan fingerprint density at radius 2 is 2.00 bits per heavy atom. The van der Waals surface area contributed by atoms with Gasteiger partial charge in [0.1, 0.15) is 0 Å². The van der Waals surface area contributed by atoms with Crippen LogP contribution >= 0.6 is 24.0 Å². The highest BCUT2D eigenvalue weighted by Gasteiger charge is 2.27. The Morgan fingerprint density at radius 3 is 2.57 bits per heavy atom. The van der Waals surface area contributed by atoms with Crippen molar-refractivity contribution in [3.8, 4) is 0 Å². The number of amides is 3. The summed E-state index contributed by atoms with van der Waals surface area (Å²) < 4.78 is 5.63. The van der Waals surface area contributed by atoms with Crippen molar-refractivity contribution >= 4 is 41.9 Å². The van der Waals surface area contributed by atoms with Crippen molar-refractivity contribution in [3.05, 3.63) is 0 Å². The standard InChI is InChI=1S/C18H34N6O3.HI/c1-4-19-17(20-7-10-24-16(25)13-21-18(24)26)22-15-5-8-23(9-6-15)11-12-27-14(2)3;/h14-15H,4-13H2,1-3H3,(H,21,26)(H2,19,20,22);1H. The third kappa shape index (κ3) is 8.48. The smallest absolute Gasteiger partial charge is 0.324 e. The zero-order chi connectivity index (χ0) is 19.6. The minimum Gasteiger partial charge on any atom is -0.377 e. The highest BCUT2D eigenvalue weighted by Crippen LogP contribution is 2.10. The number of rotatable bonds is 9. The van der Waals surface area contributed by atoms with E-state index in [4.69, 9.17) is 4.74 Å². The van der Waals surface area contributed by atoms with Gasteiger partial charge in [0.25, 0.3) is 0 Å². The number of nitrogens with one attached hydrogen (secondary N) is 3. The fourth-order valence-electron chi connectivity index (χ4n) is 3.18. The van der Waals surface area contributed by atoms with Gasteiger partial charge in [-0.15, -0.1) is 24.0 Å². The maximum Gasteiger partial charge on any atom is 0.324 e. The van der Waals surface area contributed by atoms with Gasteiger partial charge in [-0.3, -0.25) is 14.7 Å². The maximum absolute atomic E-state index is 11.6. The van der Waals surface area contributed by atoms with E-state index in [1.165, 1.54) is 4.90 Å². The third-order valence-corrected chi connectivity index (χ3v) is 4.66. The number of hydrogen-bond donors (Lipinski definition) is 3.